The first-order valence-electron chi connectivity index (χ1n) is 2.76. The van der Waals surface area contributed by atoms with Crippen LogP contribution in [0.2, 0.25) is 0 Å². The molecule has 0 aromatic heterocycles. The van der Waals surface area contributed by atoms with E-state index < -0.39 is 5.91 Å². The van der Waals surface area contributed by atoms with Crippen molar-refractivity contribution in [1.82, 2.24) is 0 Å². The van der Waals surface area contributed by atoms with Gasteiger partial charge in [0.1, 0.15) is 5.75 Å². The molecule has 11 heavy (non-hydrogen) atoms. The summed E-state index contributed by atoms with van der Waals surface area (Å²) in [6, 6.07) is 5.98. The molecular weight excluding hydrogens is 169 g/mol. The molecule has 1 amide bonds. The molecule has 0 saturated heterocycles. The number of carbonyl (C=O) groups is 1. The Morgan fingerprint density at radius 2 is 1.91 bits per heavy atom. The van der Waals surface area contributed by atoms with Crippen molar-refractivity contribution in [3.63, 3.8) is 0 Å². The molecule has 0 aliphatic rings. The van der Waals surface area contributed by atoms with Gasteiger partial charge in [0.25, 0.3) is 0 Å². The van der Waals surface area contributed by atoms with E-state index >= 15 is 0 Å². The van der Waals surface area contributed by atoms with E-state index in [-0.39, 0.29) is 62.7 Å². The number of phenolic OH excluding ortho intramolecular Hbond substituents is 1. The van der Waals surface area contributed by atoms with E-state index in [9.17, 15) is 4.79 Å². The number of hydrogen-bond donors (Lipinski definition) is 1. The second kappa shape index (κ2) is 4.90. The Morgan fingerprint density at radius 1 is 1.36 bits per heavy atom. The zero-order valence-electron chi connectivity index (χ0n) is 6.16. The van der Waals surface area contributed by atoms with Crippen molar-refractivity contribution in [1.29, 1.82) is 0 Å². The first kappa shape index (κ1) is 11.1. The van der Waals surface area contributed by atoms with Gasteiger partial charge in [0, 0.05) is 5.56 Å². The van der Waals surface area contributed by atoms with E-state index in [1.165, 1.54) is 12.1 Å². The van der Waals surface area contributed by atoms with Gasteiger partial charge in [-0.15, -0.1) is 0 Å². The predicted molar refractivity (Wildman–Crippen MR) is 36.8 cm³/mol. The fraction of sp³-hybridized carbons (Fsp3) is 0. The van der Waals surface area contributed by atoms with Crippen LogP contribution in [-0.2, 0) is 0 Å². The van der Waals surface area contributed by atoms with Crippen LogP contribution in [-0.4, -0.2) is 11.0 Å². The molecule has 3 nitrogen and oxygen atoms in total. The van der Waals surface area contributed by atoms with Crippen molar-refractivity contribution in [3.8, 4) is 5.75 Å². The third kappa shape index (κ3) is 2.92. The van der Waals surface area contributed by atoms with Gasteiger partial charge in [-0.25, -0.2) is 0 Å². The molecule has 0 fully saturated rings. The van der Waals surface area contributed by atoms with Crippen LogP contribution in [0.1, 0.15) is 10.4 Å². The monoisotopic (exact) mass is 175 g/mol. The van der Waals surface area contributed by atoms with E-state index in [0.717, 1.165) is 0 Å². The largest absolute Gasteiger partial charge is 1.00 e. The second-order valence-corrected chi connectivity index (χ2v) is 1.85. The van der Waals surface area contributed by atoms with Crippen LogP contribution in [0.15, 0.2) is 24.3 Å². The zero-order valence-corrected chi connectivity index (χ0v) is 9.29. The van der Waals surface area contributed by atoms with Gasteiger partial charge >= 0.3 is 51.4 Å². The number of amides is 1. The zero-order chi connectivity index (χ0) is 7.56. The number of nitrogens with one attached hydrogen (secondary N) is 1. The van der Waals surface area contributed by atoms with Crippen LogP contribution in [0.5, 0.6) is 5.75 Å². The normalized spacial score (nSPS) is 8.36. The predicted octanol–water partition coefficient (Wildman–Crippen LogP) is -1.41. The number of benzene rings is 1. The summed E-state index contributed by atoms with van der Waals surface area (Å²) in [6.45, 7) is 0. The minimum absolute atomic E-state index is 0. The van der Waals surface area contributed by atoms with Crippen LogP contribution >= 0.6 is 0 Å². The maximum Gasteiger partial charge on any atom is 1.00 e. The molecule has 52 valence electrons. The number of aromatic hydroxyl groups is 1. The van der Waals surface area contributed by atoms with Crippen molar-refractivity contribution in [2.24, 2.45) is 0 Å². The first-order chi connectivity index (χ1) is 4.72. The van der Waals surface area contributed by atoms with Crippen molar-refractivity contribution in [3.05, 3.63) is 35.6 Å². The first-order valence-corrected chi connectivity index (χ1v) is 2.76. The maximum atomic E-state index is 10.4. The number of hydrogen-bond acceptors (Lipinski definition) is 2. The van der Waals surface area contributed by atoms with Gasteiger partial charge in [-0.1, -0.05) is 12.1 Å². The number of carbonyl (C=O) groups excluding carboxylic acids is 1. The SMILES string of the molecule is [K+].[NH-]C(=O)c1ccccc1O. The van der Waals surface area contributed by atoms with Crippen molar-refractivity contribution in [2.75, 3.05) is 0 Å². The molecule has 0 unspecified atom stereocenters. The van der Waals surface area contributed by atoms with Gasteiger partial charge < -0.3 is 15.6 Å². The molecule has 0 atom stereocenters. The van der Waals surface area contributed by atoms with E-state index in [1.54, 1.807) is 12.1 Å². The van der Waals surface area contributed by atoms with Crippen LogP contribution in [0.4, 0.5) is 0 Å². The summed E-state index contributed by atoms with van der Waals surface area (Å²) in [5, 5.41) is 8.94. The topological polar surface area (TPSA) is 61.1 Å². The summed E-state index contributed by atoms with van der Waals surface area (Å²) >= 11 is 0. The van der Waals surface area contributed by atoms with E-state index in [4.69, 9.17) is 10.8 Å². The van der Waals surface area contributed by atoms with Crippen LogP contribution in [0, 0.1) is 0 Å². The van der Waals surface area contributed by atoms with Gasteiger partial charge in [0.15, 0.2) is 0 Å². The molecule has 0 bridgehead atoms. The molecule has 4 heteroatoms. The maximum absolute atomic E-state index is 10.4. The molecular formula is C7H6KNO2. The van der Waals surface area contributed by atoms with Crippen LogP contribution in [0.3, 0.4) is 0 Å². The number of rotatable bonds is 1. The average molecular weight is 175 g/mol. The standard InChI is InChI=1S/C7H7NO2.K/c8-7(10)5-3-1-2-4-6(5)9;/h1-4H,(H3,8,9,10);/q;+1/p-1. The van der Waals surface area contributed by atoms with Gasteiger partial charge in [-0.3, -0.25) is 0 Å². The molecule has 0 heterocycles. The fourth-order valence-corrected chi connectivity index (χ4v) is 0.666. The molecule has 0 aliphatic heterocycles. The molecule has 0 aliphatic carbocycles. The molecule has 1 aromatic rings. The number of para-hydroxylation sites is 1. The smallest absolute Gasteiger partial charge is 0.663 e. The summed E-state index contributed by atoms with van der Waals surface area (Å²) in [7, 11) is 0. The minimum atomic E-state index is -0.863. The third-order valence-electron chi connectivity index (χ3n) is 1.15. The van der Waals surface area contributed by atoms with E-state index in [1.807, 2.05) is 0 Å². The quantitative estimate of drug-likeness (QED) is 0.533. The molecule has 2 N–H and O–H groups in total. The minimum Gasteiger partial charge on any atom is -0.663 e. The Morgan fingerprint density at radius 3 is 2.27 bits per heavy atom. The third-order valence-corrected chi connectivity index (χ3v) is 1.15. The second-order valence-electron chi connectivity index (χ2n) is 1.85. The van der Waals surface area contributed by atoms with Crippen LogP contribution < -0.4 is 51.4 Å². The Kier molecular flexibility index (Phi) is 4.95. The average Bonchev–Trinajstić information content (AvgIpc) is 1.88. The summed E-state index contributed by atoms with van der Waals surface area (Å²) in [6.07, 6.45) is 0. The Balaban J connectivity index is 0.000001000. The Bertz CT molecular complexity index is 262. The van der Waals surface area contributed by atoms with Crippen molar-refractivity contribution < 1.29 is 61.3 Å². The van der Waals surface area contributed by atoms with Gasteiger partial charge in [0.2, 0.25) is 0 Å². The summed E-state index contributed by atoms with van der Waals surface area (Å²) in [4.78, 5) is 10.4. The molecule has 0 radical (unpaired) electrons. The van der Waals surface area contributed by atoms with Gasteiger partial charge in [-0.2, -0.15) is 0 Å². The Hall–Kier alpha value is 0.126. The van der Waals surface area contributed by atoms with Gasteiger partial charge in [0.05, 0.1) is 5.91 Å². The summed E-state index contributed by atoms with van der Waals surface area (Å²) in [5.41, 5.74) is 6.70. The molecule has 1 aromatic carbocycles. The van der Waals surface area contributed by atoms with Gasteiger partial charge in [-0.05, 0) is 12.1 Å². The molecule has 0 spiro atoms. The molecule has 1 rings (SSSR count). The fourth-order valence-electron chi connectivity index (χ4n) is 0.666. The Labute approximate surface area is 107 Å². The van der Waals surface area contributed by atoms with Crippen molar-refractivity contribution in [2.45, 2.75) is 0 Å². The summed E-state index contributed by atoms with van der Waals surface area (Å²) < 4.78 is 0. The van der Waals surface area contributed by atoms with E-state index in [2.05, 4.69) is 0 Å². The van der Waals surface area contributed by atoms with Crippen LogP contribution in [0.25, 0.3) is 5.73 Å². The van der Waals surface area contributed by atoms with Crippen molar-refractivity contribution >= 4 is 5.91 Å². The van der Waals surface area contributed by atoms with E-state index in [0.29, 0.717) is 0 Å². The molecule has 0 saturated carbocycles. The summed E-state index contributed by atoms with van der Waals surface area (Å²) in [5.74, 6) is -0.999. The number of phenols is 1.